The van der Waals surface area contributed by atoms with Gasteiger partial charge in [-0.1, -0.05) is 15.9 Å². The van der Waals surface area contributed by atoms with Crippen LogP contribution < -0.4 is 5.69 Å². The number of nitrogens with one attached hydrogen (secondary N) is 1. The summed E-state index contributed by atoms with van der Waals surface area (Å²) in [5, 5.41) is 0. The summed E-state index contributed by atoms with van der Waals surface area (Å²) in [5.41, 5.74) is 1.29. The summed E-state index contributed by atoms with van der Waals surface area (Å²) in [7, 11) is 0. The predicted molar refractivity (Wildman–Crippen MR) is 72.7 cm³/mol. The normalized spacial score (nSPS) is 19.9. The minimum Gasteiger partial charge on any atom is -0.306 e. The van der Waals surface area contributed by atoms with Crippen molar-refractivity contribution in [2.45, 2.75) is 37.6 Å². The van der Waals surface area contributed by atoms with Gasteiger partial charge < -0.3 is 4.98 Å². The molecule has 0 aliphatic heterocycles. The zero-order valence-corrected chi connectivity index (χ0v) is 11.7. The molecule has 1 saturated carbocycles. The van der Waals surface area contributed by atoms with Gasteiger partial charge in [-0.05, 0) is 31.0 Å². The molecule has 1 aliphatic carbocycles. The molecule has 6 heteroatoms. The molecule has 102 valence electrons. The Kier molecular flexibility index (Phi) is 3.00. The third kappa shape index (κ3) is 2.33. The molecule has 0 radical (unpaired) electrons. The van der Waals surface area contributed by atoms with Crippen molar-refractivity contribution in [3.05, 3.63) is 33.2 Å². The molecule has 0 unspecified atom stereocenters. The number of benzene rings is 1. The number of alkyl halides is 2. The highest BCUT2D eigenvalue weighted by Gasteiger charge is 2.36. The lowest BCUT2D eigenvalue weighted by Crippen LogP contribution is -2.30. The van der Waals surface area contributed by atoms with Crippen LogP contribution >= 0.6 is 15.9 Å². The van der Waals surface area contributed by atoms with E-state index >= 15 is 0 Å². The van der Waals surface area contributed by atoms with Crippen molar-refractivity contribution < 1.29 is 8.78 Å². The topological polar surface area (TPSA) is 37.8 Å². The van der Waals surface area contributed by atoms with E-state index in [1.54, 1.807) is 4.57 Å². The van der Waals surface area contributed by atoms with E-state index in [0.29, 0.717) is 12.8 Å². The lowest BCUT2D eigenvalue weighted by Gasteiger charge is -2.28. The standard InChI is InChI=1S/C13H13BrF2N2O/c14-8-1-2-10-11(7-8)18(12(19)17-10)9-3-5-13(15,16)6-4-9/h1-2,7,9H,3-6H2,(H,17,19). The number of fused-ring (bicyclic) bond motifs is 1. The van der Waals surface area contributed by atoms with Gasteiger partial charge in [-0.25, -0.2) is 13.6 Å². The first-order valence-electron chi connectivity index (χ1n) is 6.24. The minimum absolute atomic E-state index is 0.143. The first-order valence-corrected chi connectivity index (χ1v) is 7.03. The van der Waals surface area contributed by atoms with E-state index in [4.69, 9.17) is 0 Å². The quantitative estimate of drug-likeness (QED) is 0.847. The molecule has 1 aliphatic rings. The largest absolute Gasteiger partial charge is 0.326 e. The van der Waals surface area contributed by atoms with Gasteiger partial charge in [-0.3, -0.25) is 4.57 Å². The third-order valence-electron chi connectivity index (χ3n) is 3.73. The van der Waals surface area contributed by atoms with Crippen LogP contribution in [-0.4, -0.2) is 15.5 Å². The molecular weight excluding hydrogens is 318 g/mol. The number of H-pyrrole nitrogens is 1. The molecule has 0 saturated heterocycles. The number of hydrogen-bond acceptors (Lipinski definition) is 1. The highest BCUT2D eigenvalue weighted by atomic mass is 79.9. The van der Waals surface area contributed by atoms with E-state index in [2.05, 4.69) is 20.9 Å². The van der Waals surface area contributed by atoms with Crippen molar-refractivity contribution in [1.82, 2.24) is 9.55 Å². The molecule has 3 rings (SSSR count). The van der Waals surface area contributed by atoms with Crippen LogP contribution in [0.5, 0.6) is 0 Å². The van der Waals surface area contributed by atoms with Gasteiger partial charge in [-0.15, -0.1) is 0 Å². The summed E-state index contributed by atoms with van der Waals surface area (Å²) >= 11 is 3.37. The van der Waals surface area contributed by atoms with Gasteiger partial charge in [-0.2, -0.15) is 0 Å². The Morgan fingerprint density at radius 2 is 2.00 bits per heavy atom. The lowest BCUT2D eigenvalue weighted by atomic mass is 9.92. The van der Waals surface area contributed by atoms with Crippen LogP contribution in [0.2, 0.25) is 0 Å². The Hall–Kier alpha value is -1.17. The minimum atomic E-state index is -2.58. The molecule has 0 bridgehead atoms. The molecule has 19 heavy (non-hydrogen) atoms. The number of halogens is 3. The Labute approximate surface area is 116 Å². The third-order valence-corrected chi connectivity index (χ3v) is 4.22. The maximum atomic E-state index is 13.2. The maximum absolute atomic E-state index is 13.2. The van der Waals surface area contributed by atoms with Crippen molar-refractivity contribution in [2.75, 3.05) is 0 Å². The highest BCUT2D eigenvalue weighted by molar-refractivity contribution is 9.10. The molecule has 1 fully saturated rings. The summed E-state index contributed by atoms with van der Waals surface area (Å²) in [6.45, 7) is 0. The molecule has 0 atom stereocenters. The van der Waals surface area contributed by atoms with E-state index in [0.717, 1.165) is 15.5 Å². The monoisotopic (exact) mass is 330 g/mol. The average molecular weight is 331 g/mol. The molecular formula is C13H13BrF2N2O. The summed E-state index contributed by atoms with van der Waals surface area (Å²) in [6.07, 6.45) is 0.383. The summed E-state index contributed by atoms with van der Waals surface area (Å²) in [4.78, 5) is 14.8. The van der Waals surface area contributed by atoms with Crippen molar-refractivity contribution in [3.8, 4) is 0 Å². The second-order valence-corrected chi connectivity index (χ2v) is 5.96. The molecule has 1 aromatic carbocycles. The Morgan fingerprint density at radius 3 is 2.68 bits per heavy atom. The smallest absolute Gasteiger partial charge is 0.306 e. The fourth-order valence-corrected chi connectivity index (χ4v) is 3.09. The van der Waals surface area contributed by atoms with Crippen LogP contribution in [0.3, 0.4) is 0 Å². The highest BCUT2D eigenvalue weighted by Crippen LogP contribution is 2.38. The van der Waals surface area contributed by atoms with Crippen LogP contribution in [0.4, 0.5) is 8.78 Å². The Morgan fingerprint density at radius 1 is 1.32 bits per heavy atom. The lowest BCUT2D eigenvalue weighted by molar-refractivity contribution is -0.0438. The second-order valence-electron chi connectivity index (χ2n) is 5.05. The second kappa shape index (κ2) is 4.44. The van der Waals surface area contributed by atoms with Crippen molar-refractivity contribution >= 4 is 27.0 Å². The molecule has 1 heterocycles. The number of imidazole rings is 1. The number of hydrogen-bond donors (Lipinski definition) is 1. The van der Waals surface area contributed by atoms with Gasteiger partial charge in [0.2, 0.25) is 5.92 Å². The molecule has 0 spiro atoms. The predicted octanol–water partition coefficient (Wildman–Crippen LogP) is 3.84. The Balaban J connectivity index is 2.03. The fourth-order valence-electron chi connectivity index (χ4n) is 2.74. The molecule has 2 aromatic rings. The van der Waals surface area contributed by atoms with E-state index < -0.39 is 5.92 Å². The molecule has 1 aromatic heterocycles. The van der Waals surface area contributed by atoms with Gasteiger partial charge in [0, 0.05) is 23.4 Å². The molecule has 1 N–H and O–H groups in total. The van der Waals surface area contributed by atoms with Gasteiger partial charge in [0.15, 0.2) is 0 Å². The summed E-state index contributed by atoms with van der Waals surface area (Å²) < 4.78 is 28.9. The van der Waals surface area contributed by atoms with Crippen LogP contribution in [0.1, 0.15) is 31.7 Å². The van der Waals surface area contributed by atoms with Crippen molar-refractivity contribution in [1.29, 1.82) is 0 Å². The van der Waals surface area contributed by atoms with Crippen LogP contribution in [0.15, 0.2) is 27.5 Å². The summed E-state index contributed by atoms with van der Waals surface area (Å²) in [6, 6.07) is 5.36. The van der Waals surface area contributed by atoms with Gasteiger partial charge in [0.05, 0.1) is 11.0 Å². The zero-order valence-electron chi connectivity index (χ0n) is 10.1. The number of nitrogens with zero attached hydrogens (tertiary/aromatic N) is 1. The average Bonchev–Trinajstić information content (AvgIpc) is 2.65. The van der Waals surface area contributed by atoms with E-state index in [-0.39, 0.29) is 24.6 Å². The summed E-state index contributed by atoms with van der Waals surface area (Å²) in [5.74, 6) is -2.58. The first kappa shape index (κ1) is 12.8. The van der Waals surface area contributed by atoms with Crippen molar-refractivity contribution in [2.24, 2.45) is 0 Å². The first-order chi connectivity index (χ1) is 8.96. The molecule has 0 amide bonds. The van der Waals surface area contributed by atoms with Crippen LogP contribution in [0, 0.1) is 0 Å². The van der Waals surface area contributed by atoms with Gasteiger partial charge in [0.25, 0.3) is 0 Å². The van der Waals surface area contributed by atoms with E-state index in [1.807, 2.05) is 18.2 Å². The Bertz CT molecular complexity index is 667. The van der Waals surface area contributed by atoms with Gasteiger partial charge >= 0.3 is 5.69 Å². The van der Waals surface area contributed by atoms with E-state index in [1.165, 1.54) is 0 Å². The SMILES string of the molecule is O=c1[nH]c2ccc(Br)cc2n1C1CCC(F)(F)CC1. The van der Waals surface area contributed by atoms with Crippen LogP contribution in [-0.2, 0) is 0 Å². The fraction of sp³-hybridized carbons (Fsp3) is 0.462. The van der Waals surface area contributed by atoms with Crippen LogP contribution in [0.25, 0.3) is 11.0 Å². The zero-order chi connectivity index (χ0) is 13.6. The number of aromatic nitrogens is 2. The van der Waals surface area contributed by atoms with E-state index in [9.17, 15) is 13.6 Å². The van der Waals surface area contributed by atoms with Gasteiger partial charge in [0.1, 0.15) is 0 Å². The number of aromatic amines is 1. The molecule has 3 nitrogen and oxygen atoms in total. The maximum Gasteiger partial charge on any atom is 0.326 e. The van der Waals surface area contributed by atoms with Crippen molar-refractivity contribution in [3.63, 3.8) is 0 Å². The number of rotatable bonds is 1.